The van der Waals surface area contributed by atoms with Crippen molar-refractivity contribution in [2.75, 3.05) is 0 Å². The number of halogens is 1. The van der Waals surface area contributed by atoms with Crippen molar-refractivity contribution in [3.8, 4) is 0 Å². The third-order valence-electron chi connectivity index (χ3n) is 3.31. The number of hydrogen-bond donors (Lipinski definition) is 0. The molecule has 3 rings (SSSR count). The maximum Gasteiger partial charge on any atom is 0.110 e. The van der Waals surface area contributed by atoms with Crippen LogP contribution in [0, 0.1) is 0 Å². The van der Waals surface area contributed by atoms with Gasteiger partial charge in [0, 0.05) is 17.6 Å². The lowest BCUT2D eigenvalue weighted by atomic mass is 10.3. The number of benzene rings is 1. The molecule has 0 unspecified atom stereocenters. The van der Waals surface area contributed by atoms with Crippen molar-refractivity contribution in [3.05, 3.63) is 59.1 Å². The Labute approximate surface area is 123 Å². The maximum atomic E-state index is 6.04. The minimum Gasteiger partial charge on any atom is -0.322 e. The van der Waals surface area contributed by atoms with Crippen LogP contribution in [-0.4, -0.2) is 14.5 Å². The second-order valence-corrected chi connectivity index (χ2v) is 5.25. The number of pyridine rings is 1. The molecule has 20 heavy (non-hydrogen) atoms. The fourth-order valence-corrected chi connectivity index (χ4v) is 2.60. The number of rotatable bonds is 4. The summed E-state index contributed by atoms with van der Waals surface area (Å²) in [5.74, 6) is 1.11. The standard InChI is InChI=1S/C16H16ClN3/c1-2-5-16-19-14-6-3-4-7-15(14)20(16)11-13-10-12(17)8-9-18-13/h3-4,6-10H,2,5,11H2,1H3. The maximum absolute atomic E-state index is 6.04. The van der Waals surface area contributed by atoms with Gasteiger partial charge in [-0.3, -0.25) is 4.98 Å². The van der Waals surface area contributed by atoms with Crippen molar-refractivity contribution < 1.29 is 0 Å². The van der Waals surface area contributed by atoms with Gasteiger partial charge in [-0.15, -0.1) is 0 Å². The molecular weight excluding hydrogens is 270 g/mol. The highest BCUT2D eigenvalue weighted by atomic mass is 35.5. The first kappa shape index (κ1) is 13.1. The smallest absolute Gasteiger partial charge is 0.110 e. The average molecular weight is 286 g/mol. The zero-order chi connectivity index (χ0) is 13.9. The molecule has 2 aromatic heterocycles. The third-order valence-corrected chi connectivity index (χ3v) is 3.54. The summed E-state index contributed by atoms with van der Waals surface area (Å²) in [7, 11) is 0. The first-order chi connectivity index (χ1) is 9.78. The third kappa shape index (κ3) is 2.54. The lowest BCUT2D eigenvalue weighted by Crippen LogP contribution is -2.06. The molecule has 3 nitrogen and oxygen atoms in total. The van der Waals surface area contributed by atoms with Gasteiger partial charge in [-0.25, -0.2) is 4.98 Å². The molecule has 0 saturated heterocycles. The Kier molecular flexibility index (Phi) is 3.70. The van der Waals surface area contributed by atoms with Crippen LogP contribution in [-0.2, 0) is 13.0 Å². The topological polar surface area (TPSA) is 30.7 Å². The molecule has 102 valence electrons. The van der Waals surface area contributed by atoms with Crippen molar-refractivity contribution in [3.63, 3.8) is 0 Å². The molecule has 0 bridgehead atoms. The molecular formula is C16H16ClN3. The molecule has 0 spiro atoms. The normalized spacial score (nSPS) is 11.1. The van der Waals surface area contributed by atoms with Crippen LogP contribution >= 0.6 is 11.6 Å². The molecule has 0 atom stereocenters. The summed E-state index contributed by atoms with van der Waals surface area (Å²) >= 11 is 6.04. The lowest BCUT2D eigenvalue weighted by Gasteiger charge is -2.08. The molecule has 0 saturated carbocycles. The Morgan fingerprint density at radius 2 is 2.05 bits per heavy atom. The van der Waals surface area contributed by atoms with Crippen molar-refractivity contribution in [2.45, 2.75) is 26.3 Å². The van der Waals surface area contributed by atoms with Crippen molar-refractivity contribution in [2.24, 2.45) is 0 Å². The van der Waals surface area contributed by atoms with E-state index in [1.165, 1.54) is 0 Å². The Morgan fingerprint density at radius 3 is 2.85 bits per heavy atom. The van der Waals surface area contributed by atoms with E-state index in [1.807, 2.05) is 18.2 Å². The summed E-state index contributed by atoms with van der Waals surface area (Å²) in [4.78, 5) is 9.11. The molecule has 0 aliphatic carbocycles. The molecule has 4 heteroatoms. The van der Waals surface area contributed by atoms with Gasteiger partial charge in [-0.1, -0.05) is 30.7 Å². The number of nitrogens with zero attached hydrogens (tertiary/aromatic N) is 3. The summed E-state index contributed by atoms with van der Waals surface area (Å²) in [6.45, 7) is 2.87. The summed E-state index contributed by atoms with van der Waals surface area (Å²) in [6.07, 6.45) is 3.79. The predicted octanol–water partition coefficient (Wildman–Crippen LogP) is 4.09. The highest BCUT2D eigenvalue weighted by Gasteiger charge is 2.10. The van der Waals surface area contributed by atoms with Crippen LogP contribution in [0.25, 0.3) is 11.0 Å². The van der Waals surface area contributed by atoms with Crippen LogP contribution in [0.2, 0.25) is 5.02 Å². The summed E-state index contributed by atoms with van der Waals surface area (Å²) in [5.41, 5.74) is 3.15. The Morgan fingerprint density at radius 1 is 1.20 bits per heavy atom. The first-order valence-electron chi connectivity index (χ1n) is 6.82. The minimum absolute atomic E-state index is 0.705. The van der Waals surface area contributed by atoms with Gasteiger partial charge in [0.1, 0.15) is 5.82 Å². The number of fused-ring (bicyclic) bond motifs is 1. The van der Waals surface area contributed by atoms with Crippen molar-refractivity contribution in [1.82, 2.24) is 14.5 Å². The SMILES string of the molecule is CCCc1nc2ccccc2n1Cc1cc(Cl)ccn1. The Hall–Kier alpha value is -1.87. The van der Waals surface area contributed by atoms with Crippen LogP contribution in [0.3, 0.4) is 0 Å². The van der Waals surface area contributed by atoms with Gasteiger partial charge in [-0.05, 0) is 30.7 Å². The molecule has 0 fully saturated rings. The van der Waals surface area contributed by atoms with Crippen molar-refractivity contribution >= 4 is 22.6 Å². The van der Waals surface area contributed by atoms with E-state index in [9.17, 15) is 0 Å². The van der Waals surface area contributed by atoms with E-state index in [-0.39, 0.29) is 0 Å². The molecule has 0 radical (unpaired) electrons. The lowest BCUT2D eigenvalue weighted by molar-refractivity contribution is 0.710. The van der Waals surface area contributed by atoms with Crippen LogP contribution < -0.4 is 0 Å². The zero-order valence-corrected chi connectivity index (χ0v) is 12.1. The van der Waals surface area contributed by atoms with Crippen LogP contribution in [0.15, 0.2) is 42.6 Å². The van der Waals surface area contributed by atoms with E-state index >= 15 is 0 Å². The average Bonchev–Trinajstić information content (AvgIpc) is 2.78. The van der Waals surface area contributed by atoms with E-state index in [2.05, 4.69) is 28.6 Å². The van der Waals surface area contributed by atoms with Gasteiger partial charge in [0.2, 0.25) is 0 Å². The minimum atomic E-state index is 0.705. The second kappa shape index (κ2) is 5.63. The molecule has 0 amide bonds. The van der Waals surface area contributed by atoms with E-state index < -0.39 is 0 Å². The van der Waals surface area contributed by atoms with E-state index in [0.29, 0.717) is 6.54 Å². The zero-order valence-electron chi connectivity index (χ0n) is 11.4. The fraction of sp³-hybridized carbons (Fsp3) is 0.250. The highest BCUT2D eigenvalue weighted by Crippen LogP contribution is 2.19. The van der Waals surface area contributed by atoms with Gasteiger partial charge in [0.05, 0.1) is 23.3 Å². The molecule has 0 aliphatic rings. The number of hydrogen-bond acceptors (Lipinski definition) is 2. The van der Waals surface area contributed by atoms with Crippen molar-refractivity contribution in [1.29, 1.82) is 0 Å². The summed E-state index contributed by atoms with van der Waals surface area (Å²) < 4.78 is 2.23. The highest BCUT2D eigenvalue weighted by molar-refractivity contribution is 6.30. The molecule has 3 aromatic rings. The largest absolute Gasteiger partial charge is 0.322 e. The van der Waals surface area contributed by atoms with Gasteiger partial charge in [0.15, 0.2) is 0 Å². The second-order valence-electron chi connectivity index (χ2n) is 4.82. The van der Waals surface area contributed by atoms with E-state index in [4.69, 9.17) is 16.6 Å². The summed E-state index contributed by atoms with van der Waals surface area (Å²) in [5, 5.41) is 0.719. The molecule has 0 N–H and O–H groups in total. The van der Waals surface area contributed by atoms with Crippen LogP contribution in [0.1, 0.15) is 24.9 Å². The van der Waals surface area contributed by atoms with Gasteiger partial charge in [-0.2, -0.15) is 0 Å². The quantitative estimate of drug-likeness (QED) is 0.723. The molecule has 2 heterocycles. The van der Waals surface area contributed by atoms with Crippen LogP contribution in [0.4, 0.5) is 0 Å². The van der Waals surface area contributed by atoms with Crippen LogP contribution in [0.5, 0.6) is 0 Å². The Balaban J connectivity index is 2.06. The number of aryl methyl sites for hydroxylation is 1. The molecule has 0 aliphatic heterocycles. The first-order valence-corrected chi connectivity index (χ1v) is 7.20. The summed E-state index contributed by atoms with van der Waals surface area (Å²) in [6, 6.07) is 11.9. The fourth-order valence-electron chi connectivity index (χ4n) is 2.41. The van der Waals surface area contributed by atoms with E-state index in [0.717, 1.165) is 40.4 Å². The Bertz CT molecular complexity index is 733. The van der Waals surface area contributed by atoms with Gasteiger partial charge < -0.3 is 4.57 Å². The number of para-hydroxylation sites is 2. The van der Waals surface area contributed by atoms with E-state index in [1.54, 1.807) is 12.3 Å². The number of aromatic nitrogens is 3. The monoisotopic (exact) mass is 285 g/mol. The molecule has 1 aromatic carbocycles. The van der Waals surface area contributed by atoms with Gasteiger partial charge >= 0.3 is 0 Å². The predicted molar refractivity (Wildman–Crippen MR) is 82.1 cm³/mol. The number of imidazole rings is 1. The van der Waals surface area contributed by atoms with Gasteiger partial charge in [0.25, 0.3) is 0 Å².